The Kier molecular flexibility index (Phi) is 1.65. The van der Waals surface area contributed by atoms with Crippen LogP contribution in [0.4, 0.5) is 0 Å². The minimum absolute atomic E-state index is 0.0417. The molecule has 0 heterocycles. The van der Waals surface area contributed by atoms with Crippen molar-refractivity contribution in [1.29, 1.82) is 0 Å². The fourth-order valence-electron chi connectivity index (χ4n) is 1.14. The Morgan fingerprint density at radius 2 is 2.20 bits per heavy atom. The van der Waals surface area contributed by atoms with Crippen LogP contribution in [0.15, 0.2) is 12.2 Å². The van der Waals surface area contributed by atoms with Crippen LogP contribution >= 0.6 is 0 Å². The van der Waals surface area contributed by atoms with Gasteiger partial charge in [0.1, 0.15) is 0 Å². The molecule has 2 nitrogen and oxygen atoms in total. The van der Waals surface area contributed by atoms with Crippen LogP contribution in [-0.2, 0) is 9.53 Å². The highest BCUT2D eigenvalue weighted by Gasteiger charge is 2.38. The second kappa shape index (κ2) is 2.20. The molecule has 10 heavy (non-hydrogen) atoms. The summed E-state index contributed by atoms with van der Waals surface area (Å²) in [6.07, 6.45) is 3.36. The highest BCUT2D eigenvalue weighted by atomic mass is 16.5. The van der Waals surface area contributed by atoms with Crippen LogP contribution in [0.5, 0.6) is 0 Å². The van der Waals surface area contributed by atoms with Crippen LogP contribution in [-0.4, -0.2) is 19.0 Å². The van der Waals surface area contributed by atoms with Gasteiger partial charge in [-0.25, -0.2) is 0 Å². The molecule has 0 spiro atoms. The quantitative estimate of drug-likeness (QED) is 0.546. The van der Waals surface area contributed by atoms with Crippen LogP contribution in [0.2, 0.25) is 0 Å². The Morgan fingerprint density at radius 3 is 2.40 bits per heavy atom. The number of carbonyl (C=O) groups excluding carboxylic acids is 1. The fourth-order valence-corrected chi connectivity index (χ4v) is 1.14. The zero-order chi connectivity index (χ0) is 7.78. The maximum atomic E-state index is 11.1. The summed E-state index contributed by atoms with van der Waals surface area (Å²) in [5.74, 6) is 0.152. The number of allylic oxidation sites excluding steroid dienone is 1. The van der Waals surface area contributed by atoms with Gasteiger partial charge in [-0.15, -0.1) is 0 Å². The monoisotopic (exact) mass is 140 g/mol. The first-order chi connectivity index (χ1) is 4.59. The summed E-state index contributed by atoms with van der Waals surface area (Å²) < 4.78 is 5.09. The average Bonchev–Trinajstić information content (AvgIpc) is 2.10. The van der Waals surface area contributed by atoms with Crippen LogP contribution in [0.1, 0.15) is 13.8 Å². The average molecular weight is 140 g/mol. The lowest BCUT2D eigenvalue weighted by Gasteiger charge is -2.23. The molecule has 0 amide bonds. The van der Waals surface area contributed by atoms with E-state index in [-0.39, 0.29) is 17.3 Å². The van der Waals surface area contributed by atoms with E-state index in [2.05, 4.69) is 0 Å². The number of carbonyl (C=O) groups is 1. The third-order valence-electron chi connectivity index (χ3n) is 2.02. The molecule has 56 valence electrons. The van der Waals surface area contributed by atoms with Crippen molar-refractivity contribution in [3.05, 3.63) is 12.2 Å². The largest absolute Gasteiger partial charge is 0.376 e. The molecule has 0 fully saturated rings. The molecule has 0 aromatic carbocycles. The van der Waals surface area contributed by atoms with Crippen LogP contribution in [0.3, 0.4) is 0 Å². The maximum absolute atomic E-state index is 11.1. The third kappa shape index (κ3) is 0.886. The van der Waals surface area contributed by atoms with E-state index in [1.807, 2.05) is 19.9 Å². The molecular weight excluding hydrogens is 128 g/mol. The number of hydrogen-bond donors (Lipinski definition) is 0. The molecule has 0 aromatic rings. The molecule has 0 radical (unpaired) electrons. The Balaban J connectivity index is 2.82. The van der Waals surface area contributed by atoms with Crippen molar-refractivity contribution in [1.82, 2.24) is 0 Å². The summed E-state index contributed by atoms with van der Waals surface area (Å²) in [6.45, 7) is 3.78. The van der Waals surface area contributed by atoms with Gasteiger partial charge in [0, 0.05) is 7.11 Å². The highest BCUT2D eigenvalue weighted by Crippen LogP contribution is 2.30. The van der Waals surface area contributed by atoms with Gasteiger partial charge in [0.15, 0.2) is 5.78 Å². The molecular formula is C8H12O2. The van der Waals surface area contributed by atoms with Crippen molar-refractivity contribution in [3.8, 4) is 0 Å². The number of methoxy groups -OCH3 is 1. The molecule has 1 rings (SSSR count). The van der Waals surface area contributed by atoms with Gasteiger partial charge in [0.2, 0.25) is 0 Å². The normalized spacial score (nSPS) is 29.5. The van der Waals surface area contributed by atoms with Crippen molar-refractivity contribution in [2.24, 2.45) is 5.41 Å². The molecule has 0 unspecified atom stereocenters. The van der Waals surface area contributed by atoms with E-state index in [1.54, 1.807) is 13.2 Å². The first kappa shape index (κ1) is 7.48. The number of ether oxygens (including phenoxy) is 1. The third-order valence-corrected chi connectivity index (χ3v) is 2.02. The van der Waals surface area contributed by atoms with Crippen LogP contribution in [0.25, 0.3) is 0 Å². The Morgan fingerprint density at radius 1 is 1.60 bits per heavy atom. The maximum Gasteiger partial charge on any atom is 0.163 e. The first-order valence-electron chi connectivity index (χ1n) is 3.34. The summed E-state index contributed by atoms with van der Waals surface area (Å²) >= 11 is 0. The van der Waals surface area contributed by atoms with E-state index in [4.69, 9.17) is 4.74 Å². The fraction of sp³-hybridized carbons (Fsp3) is 0.625. The van der Waals surface area contributed by atoms with Crippen molar-refractivity contribution < 1.29 is 9.53 Å². The van der Waals surface area contributed by atoms with Gasteiger partial charge in [-0.2, -0.15) is 0 Å². The topological polar surface area (TPSA) is 26.3 Å². The molecule has 1 atom stereocenters. The van der Waals surface area contributed by atoms with E-state index in [0.29, 0.717) is 0 Å². The number of hydrogen-bond acceptors (Lipinski definition) is 2. The molecule has 0 saturated heterocycles. The molecule has 2 heteroatoms. The van der Waals surface area contributed by atoms with Gasteiger partial charge >= 0.3 is 0 Å². The highest BCUT2D eigenvalue weighted by molar-refractivity contribution is 5.97. The molecule has 0 aliphatic heterocycles. The Bertz CT molecular complexity index is 180. The lowest BCUT2D eigenvalue weighted by molar-refractivity contribution is -0.125. The minimum Gasteiger partial charge on any atom is -0.376 e. The molecule has 1 aliphatic rings. The Hall–Kier alpha value is -0.630. The summed E-state index contributed by atoms with van der Waals surface area (Å²) in [6, 6.07) is 0. The summed E-state index contributed by atoms with van der Waals surface area (Å²) in [7, 11) is 1.62. The lowest BCUT2D eigenvalue weighted by Crippen LogP contribution is -2.31. The number of ketones is 1. The van der Waals surface area contributed by atoms with E-state index in [0.717, 1.165) is 0 Å². The lowest BCUT2D eigenvalue weighted by atomic mass is 9.87. The second-order valence-corrected chi connectivity index (χ2v) is 3.10. The van der Waals surface area contributed by atoms with E-state index < -0.39 is 0 Å². The zero-order valence-corrected chi connectivity index (χ0v) is 6.55. The van der Waals surface area contributed by atoms with Gasteiger partial charge in [0.25, 0.3) is 0 Å². The predicted octanol–water partition coefficient (Wildman–Crippen LogP) is 1.17. The van der Waals surface area contributed by atoms with Gasteiger partial charge in [-0.3, -0.25) is 4.79 Å². The van der Waals surface area contributed by atoms with Gasteiger partial charge in [-0.1, -0.05) is 6.08 Å². The van der Waals surface area contributed by atoms with Crippen molar-refractivity contribution in [2.45, 2.75) is 20.0 Å². The van der Waals surface area contributed by atoms with Crippen molar-refractivity contribution in [2.75, 3.05) is 7.11 Å². The summed E-state index contributed by atoms with van der Waals surface area (Å²) in [4.78, 5) is 11.1. The van der Waals surface area contributed by atoms with E-state index in [1.165, 1.54) is 0 Å². The van der Waals surface area contributed by atoms with Gasteiger partial charge in [-0.05, 0) is 19.9 Å². The SMILES string of the molecule is CO[C@H]1C=CC(=O)C1(C)C. The van der Waals surface area contributed by atoms with E-state index in [9.17, 15) is 4.79 Å². The smallest absolute Gasteiger partial charge is 0.163 e. The molecule has 0 saturated carbocycles. The number of rotatable bonds is 1. The summed E-state index contributed by atoms with van der Waals surface area (Å²) in [5.41, 5.74) is -0.352. The first-order valence-corrected chi connectivity index (χ1v) is 3.34. The Labute approximate surface area is 60.9 Å². The van der Waals surface area contributed by atoms with Crippen LogP contribution in [0, 0.1) is 5.41 Å². The van der Waals surface area contributed by atoms with Crippen molar-refractivity contribution in [3.63, 3.8) is 0 Å². The molecule has 0 N–H and O–H groups in total. The van der Waals surface area contributed by atoms with Crippen LogP contribution < -0.4 is 0 Å². The summed E-state index contributed by atoms with van der Waals surface area (Å²) in [5, 5.41) is 0. The predicted molar refractivity (Wildman–Crippen MR) is 38.7 cm³/mol. The standard InChI is InChI=1S/C8H12O2/c1-8(2)6(9)4-5-7(8)10-3/h4-5,7H,1-3H3/t7-/m0/s1. The molecule has 0 aromatic heterocycles. The zero-order valence-electron chi connectivity index (χ0n) is 6.55. The molecule has 0 bridgehead atoms. The molecule has 1 aliphatic carbocycles. The van der Waals surface area contributed by atoms with Gasteiger partial charge in [0.05, 0.1) is 11.5 Å². The van der Waals surface area contributed by atoms with Gasteiger partial charge < -0.3 is 4.74 Å². The van der Waals surface area contributed by atoms with Crippen molar-refractivity contribution >= 4 is 5.78 Å². The van der Waals surface area contributed by atoms with E-state index >= 15 is 0 Å². The minimum atomic E-state index is -0.352. The second-order valence-electron chi connectivity index (χ2n) is 3.10.